The maximum Gasteiger partial charge on any atom is 0.252 e. The number of carbonyl (C=O) groups excluding carboxylic acids is 1. The fourth-order valence-corrected chi connectivity index (χ4v) is 6.33. The highest BCUT2D eigenvalue weighted by Crippen LogP contribution is 2.28. The van der Waals surface area contributed by atoms with Gasteiger partial charge in [0.25, 0.3) is 10.0 Å². The van der Waals surface area contributed by atoms with Crippen molar-refractivity contribution in [3.05, 3.63) is 16.5 Å². The third kappa shape index (κ3) is 6.42. The predicted octanol–water partition coefficient (Wildman–Crippen LogP) is 2.85. The lowest BCUT2D eigenvalue weighted by atomic mass is 10.1. The van der Waals surface area contributed by atoms with Crippen LogP contribution in [-0.2, 0) is 14.8 Å². The fraction of sp³-hybridized carbons (Fsp3) is 0.722. The van der Waals surface area contributed by atoms with Crippen LogP contribution in [0.2, 0.25) is 4.34 Å². The van der Waals surface area contributed by atoms with E-state index < -0.39 is 10.0 Å². The molecule has 2 heterocycles. The number of amides is 1. The smallest absolute Gasteiger partial charge is 0.252 e. The summed E-state index contributed by atoms with van der Waals surface area (Å²) < 4.78 is 27.5. The minimum Gasteiger partial charge on any atom is -0.339 e. The number of halogens is 1. The van der Waals surface area contributed by atoms with Gasteiger partial charge in [-0.1, -0.05) is 39.3 Å². The normalized spacial score (nSPS) is 16.7. The molecule has 1 aromatic rings. The Kier molecular flexibility index (Phi) is 8.12. The maximum atomic E-state index is 12.7. The van der Waals surface area contributed by atoms with Crippen LogP contribution in [0.15, 0.2) is 16.3 Å². The second-order valence-corrected chi connectivity index (χ2v) is 11.7. The van der Waals surface area contributed by atoms with E-state index in [1.165, 1.54) is 10.4 Å². The van der Waals surface area contributed by atoms with Crippen LogP contribution in [0.25, 0.3) is 0 Å². The van der Waals surface area contributed by atoms with Crippen molar-refractivity contribution in [2.24, 2.45) is 11.8 Å². The van der Waals surface area contributed by atoms with Gasteiger partial charge in [-0.2, -0.15) is 4.31 Å². The lowest BCUT2D eigenvalue weighted by Gasteiger charge is -2.35. The third-order valence-electron chi connectivity index (χ3n) is 4.34. The number of rotatable bonds is 8. The average Bonchev–Trinajstić information content (AvgIpc) is 3.01. The summed E-state index contributed by atoms with van der Waals surface area (Å²) >= 11 is 6.93. The first-order chi connectivity index (χ1) is 12.6. The Morgan fingerprint density at radius 3 is 2.11 bits per heavy atom. The van der Waals surface area contributed by atoms with Crippen molar-refractivity contribution >= 4 is 38.9 Å². The molecule has 0 N–H and O–H groups in total. The van der Waals surface area contributed by atoms with E-state index >= 15 is 0 Å². The Hall–Kier alpha value is -0.670. The zero-order chi connectivity index (χ0) is 20.2. The first-order valence-corrected chi connectivity index (χ1v) is 12.0. The third-order valence-corrected chi connectivity index (χ3v) is 7.94. The number of carbonyl (C=O) groups is 1. The standard InChI is InChI=1S/C18H30ClN3O3S2/c1-14(2)11-20(12-15(3)4)13-17(23)21-7-9-22(10-8-21)27(24,25)18-6-5-16(19)26-18/h5-6,14-15H,7-13H2,1-4H3. The van der Waals surface area contributed by atoms with Crippen molar-refractivity contribution in [3.63, 3.8) is 0 Å². The van der Waals surface area contributed by atoms with Crippen molar-refractivity contribution in [1.82, 2.24) is 14.1 Å². The molecule has 0 radical (unpaired) electrons. The summed E-state index contributed by atoms with van der Waals surface area (Å²) in [7, 11) is -3.53. The summed E-state index contributed by atoms with van der Waals surface area (Å²) in [5.74, 6) is 1.07. The monoisotopic (exact) mass is 435 g/mol. The Labute approximate surface area is 172 Å². The molecule has 6 nitrogen and oxygen atoms in total. The summed E-state index contributed by atoms with van der Waals surface area (Å²) in [5.41, 5.74) is 0. The van der Waals surface area contributed by atoms with Crippen molar-refractivity contribution in [2.75, 3.05) is 45.8 Å². The Morgan fingerprint density at radius 1 is 1.11 bits per heavy atom. The van der Waals surface area contributed by atoms with E-state index in [9.17, 15) is 13.2 Å². The number of nitrogens with zero attached hydrogens (tertiary/aromatic N) is 3. The minimum absolute atomic E-state index is 0.0764. The van der Waals surface area contributed by atoms with Crippen LogP contribution in [0.4, 0.5) is 0 Å². The highest BCUT2D eigenvalue weighted by atomic mass is 35.5. The Bertz CT molecular complexity index is 716. The molecule has 1 aromatic heterocycles. The van der Waals surface area contributed by atoms with Gasteiger partial charge in [0.1, 0.15) is 4.21 Å². The Morgan fingerprint density at radius 2 is 1.67 bits per heavy atom. The summed E-state index contributed by atoms with van der Waals surface area (Å²) in [4.78, 5) is 16.7. The lowest BCUT2D eigenvalue weighted by Crippen LogP contribution is -2.52. The molecular weight excluding hydrogens is 406 g/mol. The summed E-state index contributed by atoms with van der Waals surface area (Å²) in [5, 5.41) is 0. The highest BCUT2D eigenvalue weighted by molar-refractivity contribution is 7.91. The molecule has 1 aliphatic rings. The van der Waals surface area contributed by atoms with Crippen LogP contribution in [0.3, 0.4) is 0 Å². The van der Waals surface area contributed by atoms with Crippen molar-refractivity contribution in [2.45, 2.75) is 31.9 Å². The molecule has 0 aliphatic carbocycles. The van der Waals surface area contributed by atoms with Crippen molar-refractivity contribution < 1.29 is 13.2 Å². The van der Waals surface area contributed by atoms with Crippen LogP contribution in [0.1, 0.15) is 27.7 Å². The molecule has 1 saturated heterocycles. The highest BCUT2D eigenvalue weighted by Gasteiger charge is 2.31. The predicted molar refractivity (Wildman–Crippen MR) is 111 cm³/mol. The second kappa shape index (κ2) is 9.69. The van der Waals surface area contributed by atoms with Crippen molar-refractivity contribution in [3.8, 4) is 0 Å². The fourth-order valence-electron chi connectivity index (χ4n) is 3.27. The van der Waals surface area contributed by atoms with E-state index in [0.717, 1.165) is 24.4 Å². The van der Waals surface area contributed by atoms with Crippen LogP contribution >= 0.6 is 22.9 Å². The van der Waals surface area contributed by atoms with Gasteiger partial charge >= 0.3 is 0 Å². The quantitative estimate of drug-likeness (QED) is 0.629. The number of hydrogen-bond donors (Lipinski definition) is 0. The van der Waals surface area contributed by atoms with E-state index in [0.29, 0.717) is 48.9 Å². The Balaban J connectivity index is 1.93. The summed E-state index contributed by atoms with van der Waals surface area (Å²) in [6.45, 7) is 12.3. The van der Waals surface area contributed by atoms with Crippen LogP contribution in [0.5, 0.6) is 0 Å². The molecule has 1 aliphatic heterocycles. The molecule has 9 heteroatoms. The van der Waals surface area contributed by atoms with Crippen LogP contribution in [-0.4, -0.2) is 74.2 Å². The molecule has 2 rings (SSSR count). The average molecular weight is 436 g/mol. The van der Waals surface area contributed by atoms with Crippen molar-refractivity contribution in [1.29, 1.82) is 0 Å². The molecule has 0 aromatic carbocycles. The van der Waals surface area contributed by atoms with E-state index in [4.69, 9.17) is 11.6 Å². The van der Waals surface area contributed by atoms with Crippen LogP contribution in [0, 0.1) is 11.8 Å². The van der Waals surface area contributed by atoms with Gasteiger partial charge in [0.2, 0.25) is 5.91 Å². The van der Waals surface area contributed by atoms with Crippen LogP contribution < -0.4 is 0 Å². The topological polar surface area (TPSA) is 60.9 Å². The SMILES string of the molecule is CC(C)CN(CC(=O)N1CCN(S(=O)(=O)c2ccc(Cl)s2)CC1)CC(C)C. The molecule has 0 saturated carbocycles. The number of thiophene rings is 1. The maximum absolute atomic E-state index is 12.7. The molecule has 1 amide bonds. The van der Waals surface area contributed by atoms with Gasteiger partial charge in [0.15, 0.2) is 0 Å². The van der Waals surface area contributed by atoms with E-state index in [-0.39, 0.29) is 10.1 Å². The molecule has 0 spiro atoms. The van der Waals surface area contributed by atoms with Gasteiger partial charge in [0.05, 0.1) is 10.9 Å². The van der Waals surface area contributed by atoms with E-state index in [1.807, 2.05) is 0 Å². The summed E-state index contributed by atoms with van der Waals surface area (Å²) in [6, 6.07) is 3.13. The van der Waals surface area contributed by atoms with E-state index in [1.54, 1.807) is 11.0 Å². The molecule has 1 fully saturated rings. The lowest BCUT2D eigenvalue weighted by molar-refractivity contribution is -0.133. The zero-order valence-corrected chi connectivity index (χ0v) is 18.9. The second-order valence-electron chi connectivity index (χ2n) is 7.83. The minimum atomic E-state index is -3.53. The van der Waals surface area contributed by atoms with Gasteiger partial charge < -0.3 is 4.90 Å². The number of hydrogen-bond acceptors (Lipinski definition) is 5. The zero-order valence-electron chi connectivity index (χ0n) is 16.5. The van der Waals surface area contributed by atoms with E-state index in [2.05, 4.69) is 32.6 Å². The molecular formula is C18H30ClN3O3S2. The first-order valence-electron chi connectivity index (χ1n) is 9.35. The number of piperazine rings is 1. The van der Waals surface area contributed by atoms with Gasteiger partial charge in [-0.05, 0) is 24.0 Å². The first kappa shape index (κ1) is 22.6. The van der Waals surface area contributed by atoms with Gasteiger partial charge in [-0.3, -0.25) is 9.69 Å². The summed E-state index contributed by atoms with van der Waals surface area (Å²) in [6.07, 6.45) is 0. The largest absolute Gasteiger partial charge is 0.339 e. The molecule has 0 atom stereocenters. The molecule has 154 valence electrons. The molecule has 27 heavy (non-hydrogen) atoms. The molecule has 0 bridgehead atoms. The van der Waals surface area contributed by atoms with Gasteiger partial charge in [-0.25, -0.2) is 8.42 Å². The molecule has 0 unspecified atom stereocenters. The number of sulfonamides is 1. The van der Waals surface area contributed by atoms with Gasteiger partial charge in [-0.15, -0.1) is 11.3 Å². The van der Waals surface area contributed by atoms with Gasteiger partial charge in [0, 0.05) is 39.3 Å².